The van der Waals surface area contributed by atoms with E-state index in [-0.39, 0.29) is 34.7 Å². The van der Waals surface area contributed by atoms with Gasteiger partial charge in [-0.1, -0.05) is 30.3 Å². The van der Waals surface area contributed by atoms with Gasteiger partial charge in [0, 0.05) is 24.1 Å². The van der Waals surface area contributed by atoms with Crippen molar-refractivity contribution in [3.63, 3.8) is 0 Å². The van der Waals surface area contributed by atoms with Gasteiger partial charge < -0.3 is 5.32 Å². The maximum absolute atomic E-state index is 14.6. The number of nitrogens with zero attached hydrogens (tertiary/aromatic N) is 5. The lowest BCUT2D eigenvalue weighted by Crippen LogP contribution is -2.28. The number of Topliss-reactive ketones (excluding diaryl/α,β-unsaturated/α-hetero) is 1. The van der Waals surface area contributed by atoms with Crippen molar-refractivity contribution in [3.05, 3.63) is 70.6 Å². The zero-order chi connectivity index (χ0) is 20.4. The number of fused-ring (bicyclic) bond motifs is 1. The number of benzene rings is 2. The average Bonchev–Trinajstić information content (AvgIpc) is 3.18. The Bertz CT molecular complexity index is 1180. The lowest BCUT2D eigenvalue weighted by molar-refractivity contribution is 0.0982. The van der Waals surface area contributed by atoms with E-state index in [1.807, 2.05) is 0 Å². The van der Waals surface area contributed by atoms with Gasteiger partial charge in [-0.3, -0.25) is 4.79 Å². The van der Waals surface area contributed by atoms with Crippen molar-refractivity contribution in [2.45, 2.75) is 19.5 Å². The smallest absolute Gasteiger partial charge is 0.217 e. The van der Waals surface area contributed by atoms with Crippen LogP contribution in [0.25, 0.3) is 11.1 Å². The predicted octanol–water partition coefficient (Wildman–Crippen LogP) is 2.36. The Balaban J connectivity index is 1.70. The first-order valence-electron chi connectivity index (χ1n) is 9.01. The molecule has 7 nitrogen and oxygen atoms in total. The summed E-state index contributed by atoms with van der Waals surface area (Å²) >= 11 is 0. The first-order valence-corrected chi connectivity index (χ1v) is 9.01. The fourth-order valence-electron chi connectivity index (χ4n) is 3.37. The van der Waals surface area contributed by atoms with Crippen LogP contribution in [-0.2, 0) is 19.5 Å². The Morgan fingerprint density at radius 2 is 1.97 bits per heavy atom. The van der Waals surface area contributed by atoms with Crippen molar-refractivity contribution in [3.8, 4) is 23.3 Å². The Morgan fingerprint density at radius 1 is 1.17 bits per heavy atom. The monoisotopic (exact) mass is 386 g/mol. The van der Waals surface area contributed by atoms with E-state index in [2.05, 4.69) is 21.5 Å². The fourth-order valence-corrected chi connectivity index (χ4v) is 3.37. The van der Waals surface area contributed by atoms with Crippen molar-refractivity contribution in [2.24, 2.45) is 0 Å². The normalized spacial score (nSPS) is 12.7. The number of hydrogen-bond donors (Lipinski definition) is 1. The maximum Gasteiger partial charge on any atom is 0.217 e. The lowest BCUT2D eigenvalue weighted by atomic mass is 9.92. The van der Waals surface area contributed by atoms with Crippen LogP contribution in [-0.4, -0.2) is 27.1 Å². The molecule has 0 saturated heterocycles. The number of rotatable bonds is 4. The van der Waals surface area contributed by atoms with Gasteiger partial charge >= 0.3 is 0 Å². The van der Waals surface area contributed by atoms with Gasteiger partial charge in [0.2, 0.25) is 11.6 Å². The van der Waals surface area contributed by atoms with E-state index in [4.69, 9.17) is 5.26 Å². The molecule has 0 radical (unpaired) electrons. The quantitative estimate of drug-likeness (QED) is 0.690. The zero-order valence-electron chi connectivity index (χ0n) is 15.3. The molecule has 1 aliphatic heterocycles. The molecule has 0 bridgehead atoms. The second-order valence-corrected chi connectivity index (χ2v) is 6.58. The number of nitriles is 2. The number of ketones is 1. The van der Waals surface area contributed by atoms with Gasteiger partial charge in [-0.2, -0.15) is 10.5 Å². The van der Waals surface area contributed by atoms with E-state index in [0.29, 0.717) is 30.0 Å². The largest absolute Gasteiger partial charge is 0.308 e. The van der Waals surface area contributed by atoms with E-state index in [0.717, 1.165) is 6.54 Å². The predicted molar refractivity (Wildman–Crippen MR) is 101 cm³/mol. The summed E-state index contributed by atoms with van der Waals surface area (Å²) in [4.78, 5) is 17.0. The molecule has 4 rings (SSSR count). The number of carbonyl (C=O) groups excluding carboxylic acids is 1. The molecule has 2 aromatic carbocycles. The Labute approximate surface area is 166 Å². The first kappa shape index (κ1) is 18.5. The minimum Gasteiger partial charge on any atom is -0.308 e. The minimum absolute atomic E-state index is 0.0762. The van der Waals surface area contributed by atoms with Crippen molar-refractivity contribution in [1.82, 2.24) is 20.1 Å². The summed E-state index contributed by atoms with van der Waals surface area (Å²) in [6.07, 6.45) is -0.0762. The van der Waals surface area contributed by atoms with Crippen LogP contribution >= 0.6 is 0 Å². The fraction of sp³-hybridized carbons (Fsp3) is 0.190. The van der Waals surface area contributed by atoms with Gasteiger partial charge in [-0.25, -0.2) is 14.1 Å². The van der Waals surface area contributed by atoms with E-state index < -0.39 is 5.82 Å². The highest BCUT2D eigenvalue weighted by Crippen LogP contribution is 2.30. The summed E-state index contributed by atoms with van der Waals surface area (Å²) in [7, 11) is 0. The van der Waals surface area contributed by atoms with Crippen LogP contribution in [0.5, 0.6) is 0 Å². The molecule has 0 saturated carbocycles. The Morgan fingerprint density at radius 3 is 2.72 bits per heavy atom. The molecule has 2 heterocycles. The third-order valence-electron chi connectivity index (χ3n) is 4.80. The molecule has 1 aromatic heterocycles. The van der Waals surface area contributed by atoms with Crippen LogP contribution in [0, 0.1) is 28.5 Å². The second kappa shape index (κ2) is 7.63. The Hall–Kier alpha value is -3.88. The van der Waals surface area contributed by atoms with Gasteiger partial charge in [0.15, 0.2) is 0 Å². The van der Waals surface area contributed by atoms with Gasteiger partial charge in [0.05, 0.1) is 24.2 Å². The van der Waals surface area contributed by atoms with Gasteiger partial charge in [0.1, 0.15) is 23.8 Å². The minimum atomic E-state index is -0.689. The molecule has 0 fully saturated rings. The topological polar surface area (TPSA) is 107 Å². The molecule has 1 N–H and O–H groups in total. The van der Waals surface area contributed by atoms with E-state index in [1.54, 1.807) is 35.0 Å². The van der Waals surface area contributed by atoms with Gasteiger partial charge in [0.25, 0.3) is 0 Å². The molecule has 8 heteroatoms. The highest BCUT2D eigenvalue weighted by Gasteiger charge is 2.21. The number of halogens is 1. The van der Waals surface area contributed by atoms with E-state index in [1.165, 1.54) is 12.1 Å². The standard InChI is InChI=1S/C21H15FN6O/c22-20-14(10-23)4-2-6-16(20)15-5-1-3-13(17(15)11-24)9-18(29)21-26-19-12-25-7-8-28(19)27-21/h1-6,25H,7-9,12H2. The molecule has 0 aliphatic carbocycles. The van der Waals surface area contributed by atoms with Gasteiger partial charge in [-0.05, 0) is 11.6 Å². The van der Waals surface area contributed by atoms with Crippen LogP contribution < -0.4 is 5.32 Å². The molecule has 0 atom stereocenters. The van der Waals surface area contributed by atoms with Crippen LogP contribution in [0.4, 0.5) is 4.39 Å². The van der Waals surface area contributed by atoms with Crippen molar-refractivity contribution in [2.75, 3.05) is 6.54 Å². The van der Waals surface area contributed by atoms with Crippen molar-refractivity contribution >= 4 is 5.78 Å². The van der Waals surface area contributed by atoms with Crippen LogP contribution in [0.2, 0.25) is 0 Å². The molecule has 0 unspecified atom stereocenters. The molecule has 142 valence electrons. The third-order valence-corrected chi connectivity index (χ3v) is 4.80. The highest BCUT2D eigenvalue weighted by atomic mass is 19.1. The van der Waals surface area contributed by atoms with Crippen LogP contribution in [0.1, 0.15) is 33.1 Å². The molecular formula is C21H15FN6O. The van der Waals surface area contributed by atoms with Crippen molar-refractivity contribution < 1.29 is 9.18 Å². The summed E-state index contributed by atoms with van der Waals surface area (Å²) < 4.78 is 16.3. The SMILES string of the molecule is N#Cc1cccc(-c2cccc(CC(=O)c3nc4n(n3)CCNC4)c2C#N)c1F. The number of carbonyl (C=O) groups is 1. The molecule has 3 aromatic rings. The summed E-state index contributed by atoms with van der Waals surface area (Å²) in [6, 6.07) is 13.2. The first-order chi connectivity index (χ1) is 14.1. The summed E-state index contributed by atoms with van der Waals surface area (Å²) in [5.74, 6) is -0.197. The number of aromatic nitrogens is 3. The zero-order valence-corrected chi connectivity index (χ0v) is 15.3. The number of hydrogen-bond acceptors (Lipinski definition) is 6. The molecule has 0 amide bonds. The third kappa shape index (κ3) is 3.38. The summed E-state index contributed by atoms with van der Waals surface area (Å²) in [5.41, 5.74) is 1.04. The van der Waals surface area contributed by atoms with Crippen LogP contribution in [0.15, 0.2) is 36.4 Å². The molecule has 0 spiro atoms. The van der Waals surface area contributed by atoms with Crippen LogP contribution in [0.3, 0.4) is 0 Å². The maximum atomic E-state index is 14.6. The molecular weight excluding hydrogens is 371 g/mol. The summed E-state index contributed by atoms with van der Waals surface area (Å²) in [6.45, 7) is 1.95. The highest BCUT2D eigenvalue weighted by molar-refractivity contribution is 5.94. The summed E-state index contributed by atoms with van der Waals surface area (Å²) in [5, 5.41) is 26.2. The molecule has 1 aliphatic rings. The Kier molecular flexibility index (Phi) is 4.86. The lowest BCUT2D eigenvalue weighted by Gasteiger charge is -2.11. The van der Waals surface area contributed by atoms with E-state index >= 15 is 0 Å². The second-order valence-electron chi connectivity index (χ2n) is 6.58. The average molecular weight is 386 g/mol. The molecule has 29 heavy (non-hydrogen) atoms. The van der Waals surface area contributed by atoms with Crippen molar-refractivity contribution in [1.29, 1.82) is 10.5 Å². The van der Waals surface area contributed by atoms with Gasteiger partial charge in [-0.15, -0.1) is 5.10 Å². The number of nitrogens with one attached hydrogen (secondary N) is 1. The van der Waals surface area contributed by atoms with E-state index in [9.17, 15) is 14.4 Å².